The van der Waals surface area contributed by atoms with Gasteiger partial charge in [-0.2, -0.15) is 0 Å². The van der Waals surface area contributed by atoms with Gasteiger partial charge in [0.15, 0.2) is 0 Å². The van der Waals surface area contributed by atoms with E-state index in [-0.39, 0.29) is 0 Å². The predicted molar refractivity (Wildman–Crippen MR) is 220 cm³/mol. The van der Waals surface area contributed by atoms with Gasteiger partial charge in [-0.25, -0.2) is 0 Å². The van der Waals surface area contributed by atoms with E-state index in [0.717, 1.165) is 39.0 Å². The van der Waals surface area contributed by atoms with Crippen molar-refractivity contribution >= 4 is 60.5 Å². The Bertz CT molecular complexity index is 2870. The van der Waals surface area contributed by atoms with Gasteiger partial charge in [-0.15, -0.1) is 0 Å². The molecule has 0 saturated carbocycles. The quantitative estimate of drug-likeness (QED) is 0.176. The molecule has 0 amide bonds. The molecule has 0 fully saturated rings. The molecule has 2 heteroatoms. The van der Waals surface area contributed by atoms with E-state index in [9.17, 15) is 0 Å². The third-order valence-electron chi connectivity index (χ3n) is 10.2. The Hall–Kier alpha value is -6.90. The van der Waals surface area contributed by atoms with Gasteiger partial charge in [0.2, 0.25) is 0 Å². The number of nitrogens with zero attached hydrogens (tertiary/aromatic N) is 1. The summed E-state index contributed by atoms with van der Waals surface area (Å²) in [5.41, 5.74) is 12.3. The minimum atomic E-state index is 0.910. The summed E-state index contributed by atoms with van der Waals surface area (Å²) < 4.78 is 6.44. The molecule has 52 heavy (non-hydrogen) atoms. The van der Waals surface area contributed by atoms with Crippen molar-refractivity contribution in [3.63, 3.8) is 0 Å². The Labute approximate surface area is 302 Å². The summed E-state index contributed by atoms with van der Waals surface area (Å²) in [6.45, 7) is 0. The Morgan fingerprint density at radius 1 is 0.308 bits per heavy atom. The van der Waals surface area contributed by atoms with Crippen LogP contribution >= 0.6 is 0 Å². The molecule has 0 bridgehead atoms. The van der Waals surface area contributed by atoms with Crippen LogP contribution in [-0.2, 0) is 0 Å². The predicted octanol–water partition coefficient (Wildman–Crippen LogP) is 14.4. The molecular weight excluding hydrogens is 631 g/mol. The summed E-state index contributed by atoms with van der Waals surface area (Å²) in [5, 5.41) is 7.12. The molecular formula is C50H33NO. The number of hydrogen-bond donors (Lipinski definition) is 0. The maximum Gasteiger partial charge on any atom is 0.136 e. The van der Waals surface area contributed by atoms with E-state index < -0.39 is 0 Å². The van der Waals surface area contributed by atoms with Crippen molar-refractivity contribution < 1.29 is 4.42 Å². The van der Waals surface area contributed by atoms with Gasteiger partial charge in [-0.1, -0.05) is 140 Å². The molecule has 0 unspecified atom stereocenters. The molecule has 0 aliphatic carbocycles. The first-order chi connectivity index (χ1) is 25.8. The lowest BCUT2D eigenvalue weighted by molar-refractivity contribution is 0.669. The number of anilines is 3. The number of benzene rings is 9. The minimum absolute atomic E-state index is 0.910. The second-order valence-corrected chi connectivity index (χ2v) is 13.4. The van der Waals surface area contributed by atoms with Crippen molar-refractivity contribution in [2.75, 3.05) is 4.90 Å². The van der Waals surface area contributed by atoms with Crippen LogP contribution in [0.5, 0.6) is 0 Å². The highest BCUT2D eigenvalue weighted by Crippen LogP contribution is 2.42. The largest absolute Gasteiger partial charge is 0.456 e. The lowest BCUT2D eigenvalue weighted by atomic mass is 9.92. The van der Waals surface area contributed by atoms with Crippen molar-refractivity contribution in [1.82, 2.24) is 0 Å². The standard InChI is InChI=1S/C50H33NO/c1-4-12-34(13-5-1)35-22-26-42(27-23-35)51(41-16-8-3-9-17-41)43-28-24-38-30-37(20-21-39(38)31-43)40-25-29-44-46(36-14-6-2-7-15-36)33-49-50(47(44)32-40)45-18-10-11-19-48(45)52-49/h1-33H. The van der Waals surface area contributed by atoms with Gasteiger partial charge < -0.3 is 9.32 Å². The molecule has 2 nitrogen and oxygen atoms in total. The molecule has 0 aliphatic heterocycles. The van der Waals surface area contributed by atoms with Gasteiger partial charge in [-0.3, -0.25) is 0 Å². The molecule has 10 aromatic rings. The number of hydrogen-bond acceptors (Lipinski definition) is 2. The number of rotatable bonds is 6. The van der Waals surface area contributed by atoms with Crippen LogP contribution in [0.4, 0.5) is 17.1 Å². The van der Waals surface area contributed by atoms with E-state index in [0.29, 0.717) is 0 Å². The smallest absolute Gasteiger partial charge is 0.136 e. The van der Waals surface area contributed by atoms with E-state index in [1.165, 1.54) is 54.9 Å². The van der Waals surface area contributed by atoms with Crippen LogP contribution in [0, 0.1) is 0 Å². The van der Waals surface area contributed by atoms with Crippen LogP contribution in [0.2, 0.25) is 0 Å². The number of fused-ring (bicyclic) bond motifs is 6. The summed E-state index contributed by atoms with van der Waals surface area (Å²) in [6, 6.07) is 71.6. The van der Waals surface area contributed by atoms with Gasteiger partial charge in [-0.05, 0) is 116 Å². The van der Waals surface area contributed by atoms with Crippen LogP contribution in [0.25, 0.3) is 76.9 Å². The molecule has 0 radical (unpaired) electrons. The number of para-hydroxylation sites is 2. The van der Waals surface area contributed by atoms with Crippen molar-refractivity contribution in [3.05, 3.63) is 200 Å². The Kier molecular flexibility index (Phi) is 7.18. The minimum Gasteiger partial charge on any atom is -0.456 e. The summed E-state index contributed by atoms with van der Waals surface area (Å²) in [5.74, 6) is 0. The highest BCUT2D eigenvalue weighted by Gasteiger charge is 2.17. The molecule has 0 atom stereocenters. The normalized spacial score (nSPS) is 11.5. The highest BCUT2D eigenvalue weighted by atomic mass is 16.3. The summed E-state index contributed by atoms with van der Waals surface area (Å²) in [4.78, 5) is 2.33. The van der Waals surface area contributed by atoms with Crippen molar-refractivity contribution in [3.8, 4) is 33.4 Å². The first kappa shape index (κ1) is 30.0. The fourth-order valence-corrected chi connectivity index (χ4v) is 7.68. The van der Waals surface area contributed by atoms with Crippen LogP contribution in [0.15, 0.2) is 205 Å². The molecule has 0 saturated heterocycles. The van der Waals surface area contributed by atoms with E-state index in [1.54, 1.807) is 0 Å². The van der Waals surface area contributed by atoms with E-state index in [2.05, 4.69) is 199 Å². The van der Waals surface area contributed by atoms with Crippen molar-refractivity contribution in [2.24, 2.45) is 0 Å². The zero-order chi connectivity index (χ0) is 34.4. The maximum absolute atomic E-state index is 6.44. The van der Waals surface area contributed by atoms with Crippen LogP contribution < -0.4 is 4.90 Å². The van der Waals surface area contributed by atoms with Crippen molar-refractivity contribution in [1.29, 1.82) is 0 Å². The van der Waals surface area contributed by atoms with Gasteiger partial charge in [0.05, 0.1) is 0 Å². The zero-order valence-corrected chi connectivity index (χ0v) is 28.4. The topological polar surface area (TPSA) is 16.4 Å². The molecule has 10 rings (SSSR count). The summed E-state index contributed by atoms with van der Waals surface area (Å²) in [7, 11) is 0. The van der Waals surface area contributed by atoms with E-state index in [4.69, 9.17) is 4.42 Å². The Balaban J connectivity index is 1.07. The second kappa shape index (κ2) is 12.5. The molecule has 0 N–H and O–H groups in total. The Morgan fingerprint density at radius 2 is 0.865 bits per heavy atom. The lowest BCUT2D eigenvalue weighted by Crippen LogP contribution is -2.09. The average molecular weight is 664 g/mol. The Morgan fingerprint density at radius 3 is 1.65 bits per heavy atom. The van der Waals surface area contributed by atoms with E-state index in [1.807, 2.05) is 6.07 Å². The van der Waals surface area contributed by atoms with Gasteiger partial charge >= 0.3 is 0 Å². The first-order valence-corrected chi connectivity index (χ1v) is 17.8. The second-order valence-electron chi connectivity index (χ2n) is 13.4. The van der Waals surface area contributed by atoms with Crippen molar-refractivity contribution in [2.45, 2.75) is 0 Å². The fourth-order valence-electron chi connectivity index (χ4n) is 7.68. The zero-order valence-electron chi connectivity index (χ0n) is 28.4. The molecule has 0 spiro atoms. The molecule has 244 valence electrons. The highest BCUT2D eigenvalue weighted by molar-refractivity contribution is 6.22. The molecule has 9 aromatic carbocycles. The average Bonchev–Trinajstić information content (AvgIpc) is 3.60. The first-order valence-electron chi connectivity index (χ1n) is 17.8. The van der Waals surface area contributed by atoms with Gasteiger partial charge in [0, 0.05) is 27.8 Å². The van der Waals surface area contributed by atoms with Crippen LogP contribution in [-0.4, -0.2) is 0 Å². The van der Waals surface area contributed by atoms with Gasteiger partial charge in [0.25, 0.3) is 0 Å². The van der Waals surface area contributed by atoms with Gasteiger partial charge in [0.1, 0.15) is 11.2 Å². The third-order valence-corrected chi connectivity index (χ3v) is 10.2. The van der Waals surface area contributed by atoms with E-state index >= 15 is 0 Å². The SMILES string of the molecule is c1ccc(-c2ccc(N(c3ccccc3)c3ccc4cc(-c5ccc6c(-c7ccccc7)cc7oc8ccccc8c7c6c5)ccc4c3)cc2)cc1. The molecule has 1 aromatic heterocycles. The molecule has 1 heterocycles. The summed E-state index contributed by atoms with van der Waals surface area (Å²) >= 11 is 0. The maximum atomic E-state index is 6.44. The lowest BCUT2D eigenvalue weighted by Gasteiger charge is -2.26. The molecule has 0 aliphatic rings. The van der Waals surface area contributed by atoms with Crippen LogP contribution in [0.3, 0.4) is 0 Å². The fraction of sp³-hybridized carbons (Fsp3) is 0. The monoisotopic (exact) mass is 663 g/mol. The third kappa shape index (κ3) is 5.21. The van der Waals surface area contributed by atoms with Crippen LogP contribution in [0.1, 0.15) is 0 Å². The number of furan rings is 1. The summed E-state index contributed by atoms with van der Waals surface area (Å²) in [6.07, 6.45) is 0.